The standard InChI is InChI=1S/C14H17ClN4O2/c15-13-5-4-11(9-16-13)10-18-8-7-17-6-2-1-3-12(14(17)18)19(20)21/h4-5,9H,1-3,6-8,10H2. The zero-order valence-electron chi connectivity index (χ0n) is 11.7. The molecular formula is C14H17ClN4O2. The molecule has 112 valence electrons. The van der Waals surface area contributed by atoms with Gasteiger partial charge in [-0.1, -0.05) is 17.7 Å². The van der Waals surface area contributed by atoms with Gasteiger partial charge in [-0.3, -0.25) is 10.1 Å². The first-order chi connectivity index (χ1) is 10.1. The summed E-state index contributed by atoms with van der Waals surface area (Å²) in [6, 6.07) is 3.67. The van der Waals surface area contributed by atoms with Crippen molar-refractivity contribution < 1.29 is 4.92 Å². The predicted molar refractivity (Wildman–Crippen MR) is 79.1 cm³/mol. The van der Waals surface area contributed by atoms with Crippen LogP contribution in [0.4, 0.5) is 0 Å². The third-order valence-corrected chi connectivity index (χ3v) is 4.19. The molecule has 21 heavy (non-hydrogen) atoms. The summed E-state index contributed by atoms with van der Waals surface area (Å²) in [5.74, 6) is 0.799. The van der Waals surface area contributed by atoms with Crippen LogP contribution in [0.15, 0.2) is 29.8 Å². The molecule has 0 atom stereocenters. The molecule has 0 aromatic carbocycles. The van der Waals surface area contributed by atoms with Gasteiger partial charge in [0, 0.05) is 38.8 Å². The van der Waals surface area contributed by atoms with Crippen LogP contribution in [0.3, 0.4) is 0 Å². The van der Waals surface area contributed by atoms with Gasteiger partial charge in [0.1, 0.15) is 5.15 Å². The SMILES string of the molecule is O=[N+]([O-])C1=C2N(CCCC1)CCN2Cc1ccc(Cl)nc1. The van der Waals surface area contributed by atoms with Gasteiger partial charge in [-0.25, -0.2) is 4.98 Å². The lowest BCUT2D eigenvalue weighted by Crippen LogP contribution is -2.26. The predicted octanol–water partition coefficient (Wildman–Crippen LogP) is 2.48. The summed E-state index contributed by atoms with van der Waals surface area (Å²) in [6.45, 7) is 3.21. The highest BCUT2D eigenvalue weighted by molar-refractivity contribution is 6.29. The topological polar surface area (TPSA) is 62.5 Å². The first kappa shape index (κ1) is 14.1. The Balaban J connectivity index is 1.87. The molecule has 3 rings (SSSR count). The zero-order valence-corrected chi connectivity index (χ0v) is 12.4. The molecule has 0 N–H and O–H groups in total. The maximum atomic E-state index is 11.4. The summed E-state index contributed by atoms with van der Waals surface area (Å²) in [4.78, 5) is 19.5. The highest BCUT2D eigenvalue weighted by Gasteiger charge is 2.34. The van der Waals surface area contributed by atoms with E-state index >= 15 is 0 Å². The van der Waals surface area contributed by atoms with Crippen molar-refractivity contribution in [3.63, 3.8) is 0 Å². The van der Waals surface area contributed by atoms with E-state index in [1.54, 1.807) is 12.3 Å². The molecule has 1 aromatic rings. The molecule has 0 amide bonds. The molecule has 0 unspecified atom stereocenters. The quantitative estimate of drug-likeness (QED) is 0.488. The van der Waals surface area contributed by atoms with Gasteiger partial charge in [0.15, 0.2) is 5.82 Å². The summed E-state index contributed by atoms with van der Waals surface area (Å²) in [7, 11) is 0. The molecule has 1 aromatic heterocycles. The van der Waals surface area contributed by atoms with Crippen molar-refractivity contribution in [2.45, 2.75) is 25.8 Å². The van der Waals surface area contributed by atoms with Gasteiger partial charge >= 0.3 is 0 Å². The number of nitrogens with zero attached hydrogens (tertiary/aromatic N) is 4. The molecule has 0 spiro atoms. The van der Waals surface area contributed by atoms with E-state index in [-0.39, 0.29) is 4.92 Å². The van der Waals surface area contributed by atoms with Crippen LogP contribution in [0.1, 0.15) is 24.8 Å². The fraction of sp³-hybridized carbons (Fsp3) is 0.500. The average Bonchev–Trinajstić information content (AvgIpc) is 2.71. The average molecular weight is 309 g/mol. The monoisotopic (exact) mass is 308 g/mol. The van der Waals surface area contributed by atoms with Crippen molar-refractivity contribution in [3.05, 3.63) is 50.7 Å². The van der Waals surface area contributed by atoms with E-state index in [0.29, 0.717) is 23.8 Å². The molecule has 6 nitrogen and oxygen atoms in total. The minimum absolute atomic E-state index is 0.216. The summed E-state index contributed by atoms with van der Waals surface area (Å²) in [5, 5.41) is 11.8. The second-order valence-corrected chi connectivity index (χ2v) is 5.77. The fourth-order valence-corrected chi connectivity index (χ4v) is 3.10. The molecule has 2 aliphatic rings. The number of halogens is 1. The molecule has 7 heteroatoms. The molecule has 2 aliphatic heterocycles. The van der Waals surface area contributed by atoms with Crippen LogP contribution in [-0.2, 0) is 6.54 Å². The number of rotatable bonds is 3. The number of allylic oxidation sites excluding steroid dienone is 1. The van der Waals surface area contributed by atoms with Crippen molar-refractivity contribution in [1.29, 1.82) is 0 Å². The van der Waals surface area contributed by atoms with Crippen molar-refractivity contribution in [1.82, 2.24) is 14.8 Å². The van der Waals surface area contributed by atoms with E-state index < -0.39 is 0 Å². The lowest BCUT2D eigenvalue weighted by atomic mass is 10.2. The van der Waals surface area contributed by atoms with Crippen molar-refractivity contribution in [3.8, 4) is 0 Å². The molecule has 0 saturated carbocycles. The first-order valence-electron chi connectivity index (χ1n) is 7.13. The van der Waals surface area contributed by atoms with E-state index in [1.807, 2.05) is 6.07 Å². The molecule has 3 heterocycles. The van der Waals surface area contributed by atoms with Crippen LogP contribution in [0.5, 0.6) is 0 Å². The highest BCUT2D eigenvalue weighted by atomic mass is 35.5. The Morgan fingerprint density at radius 3 is 2.86 bits per heavy atom. The number of hydrogen-bond donors (Lipinski definition) is 0. The minimum Gasteiger partial charge on any atom is -0.351 e. The summed E-state index contributed by atoms with van der Waals surface area (Å²) in [6.07, 6.45) is 4.17. The number of hydrogen-bond acceptors (Lipinski definition) is 5. The van der Waals surface area contributed by atoms with Crippen LogP contribution in [0, 0.1) is 10.1 Å². The maximum Gasteiger partial charge on any atom is 0.286 e. The van der Waals surface area contributed by atoms with Gasteiger partial charge in [-0.05, 0) is 24.5 Å². The van der Waals surface area contributed by atoms with Crippen molar-refractivity contribution in [2.75, 3.05) is 19.6 Å². The van der Waals surface area contributed by atoms with Gasteiger partial charge in [0.25, 0.3) is 5.70 Å². The number of pyridine rings is 1. The number of nitro groups is 1. The minimum atomic E-state index is -0.216. The maximum absolute atomic E-state index is 11.4. The van der Waals surface area contributed by atoms with Crippen LogP contribution in [-0.4, -0.2) is 39.3 Å². The van der Waals surface area contributed by atoms with E-state index in [4.69, 9.17) is 11.6 Å². The molecule has 1 saturated heterocycles. The summed E-state index contributed by atoms with van der Waals surface area (Å²) in [5.41, 5.74) is 1.37. The highest BCUT2D eigenvalue weighted by Crippen LogP contribution is 2.30. The first-order valence-corrected chi connectivity index (χ1v) is 7.51. The van der Waals surface area contributed by atoms with Gasteiger partial charge in [0.05, 0.1) is 4.92 Å². The Hall–Kier alpha value is -1.82. The smallest absolute Gasteiger partial charge is 0.286 e. The largest absolute Gasteiger partial charge is 0.351 e. The van der Waals surface area contributed by atoms with Gasteiger partial charge in [-0.2, -0.15) is 0 Å². The summed E-state index contributed by atoms with van der Waals surface area (Å²) < 4.78 is 0. The number of aromatic nitrogens is 1. The van der Waals surface area contributed by atoms with Crippen LogP contribution < -0.4 is 0 Å². The molecular weight excluding hydrogens is 292 g/mol. The lowest BCUT2D eigenvalue weighted by Gasteiger charge is -2.23. The Bertz CT molecular complexity index is 573. The summed E-state index contributed by atoms with van der Waals surface area (Å²) >= 11 is 5.79. The van der Waals surface area contributed by atoms with E-state index in [2.05, 4.69) is 14.8 Å². The Labute approximate surface area is 128 Å². The van der Waals surface area contributed by atoms with Crippen LogP contribution in [0.2, 0.25) is 5.15 Å². The zero-order chi connectivity index (χ0) is 14.8. The molecule has 1 fully saturated rings. The van der Waals surface area contributed by atoms with Gasteiger partial charge in [0.2, 0.25) is 0 Å². The van der Waals surface area contributed by atoms with Gasteiger partial charge in [-0.15, -0.1) is 0 Å². The lowest BCUT2D eigenvalue weighted by molar-refractivity contribution is -0.431. The second kappa shape index (κ2) is 5.89. The van der Waals surface area contributed by atoms with E-state index in [0.717, 1.165) is 43.9 Å². The van der Waals surface area contributed by atoms with Crippen LogP contribution >= 0.6 is 11.6 Å². The van der Waals surface area contributed by atoms with E-state index in [1.165, 1.54) is 0 Å². The molecule has 0 aliphatic carbocycles. The van der Waals surface area contributed by atoms with Crippen molar-refractivity contribution in [2.24, 2.45) is 0 Å². The molecule has 0 radical (unpaired) electrons. The van der Waals surface area contributed by atoms with E-state index in [9.17, 15) is 10.1 Å². The Morgan fingerprint density at radius 1 is 1.29 bits per heavy atom. The third-order valence-electron chi connectivity index (χ3n) is 3.97. The molecule has 0 bridgehead atoms. The normalized spacial score (nSPS) is 18.7. The van der Waals surface area contributed by atoms with Crippen molar-refractivity contribution >= 4 is 11.6 Å². The van der Waals surface area contributed by atoms with Gasteiger partial charge < -0.3 is 9.80 Å². The Morgan fingerprint density at radius 2 is 2.14 bits per heavy atom. The van der Waals surface area contributed by atoms with Crippen LogP contribution in [0.25, 0.3) is 0 Å². The fourth-order valence-electron chi connectivity index (χ4n) is 2.99. The third kappa shape index (κ3) is 2.95. The number of fused-ring (bicyclic) bond motifs is 1. The Kier molecular flexibility index (Phi) is 3.96. The second-order valence-electron chi connectivity index (χ2n) is 5.38.